The molecule has 29 heavy (non-hydrogen) atoms. The zero-order valence-corrected chi connectivity index (χ0v) is 17.9. The van der Waals surface area contributed by atoms with Crippen molar-refractivity contribution in [2.75, 3.05) is 38.1 Å². The molecule has 1 aliphatic rings. The highest BCUT2D eigenvalue weighted by Gasteiger charge is 2.14. The van der Waals surface area contributed by atoms with Gasteiger partial charge in [0.25, 0.3) is 11.8 Å². The summed E-state index contributed by atoms with van der Waals surface area (Å²) in [5.41, 5.74) is 1.12. The average molecular weight is 460 g/mol. The number of carbonyl (C=O) groups is 2. The molecule has 0 aromatic heterocycles. The fraction of sp³-hybridized carbons (Fsp3) is 0.364. The Kier molecular flexibility index (Phi) is 8.07. The highest BCUT2D eigenvalue weighted by molar-refractivity contribution is 9.10. The number of piperidine rings is 1. The first-order valence-electron chi connectivity index (χ1n) is 9.89. The molecule has 1 saturated heterocycles. The molecular formula is C22H26BrN3O3. The van der Waals surface area contributed by atoms with Crippen LogP contribution in [0.3, 0.4) is 0 Å². The lowest BCUT2D eigenvalue weighted by molar-refractivity contribution is -0.118. The van der Waals surface area contributed by atoms with Crippen LogP contribution in [0.25, 0.3) is 0 Å². The van der Waals surface area contributed by atoms with Crippen LogP contribution in [-0.2, 0) is 4.79 Å². The van der Waals surface area contributed by atoms with Crippen molar-refractivity contribution in [3.8, 4) is 5.75 Å². The number of likely N-dealkylation sites (tertiary alicyclic amines) is 1. The molecule has 0 atom stereocenters. The van der Waals surface area contributed by atoms with E-state index in [1.54, 1.807) is 36.4 Å². The van der Waals surface area contributed by atoms with E-state index in [0.29, 0.717) is 23.5 Å². The molecule has 1 aliphatic heterocycles. The minimum atomic E-state index is -0.285. The van der Waals surface area contributed by atoms with E-state index in [-0.39, 0.29) is 18.4 Å². The fourth-order valence-electron chi connectivity index (χ4n) is 3.26. The molecule has 0 radical (unpaired) electrons. The fourth-order valence-corrected chi connectivity index (χ4v) is 3.52. The van der Waals surface area contributed by atoms with Crippen LogP contribution >= 0.6 is 15.9 Å². The number of nitrogens with one attached hydrogen (secondary N) is 2. The molecular weight excluding hydrogens is 434 g/mol. The summed E-state index contributed by atoms with van der Waals surface area (Å²) in [7, 11) is 0. The Hall–Kier alpha value is -2.38. The summed E-state index contributed by atoms with van der Waals surface area (Å²) in [5, 5.41) is 5.72. The third-order valence-electron chi connectivity index (χ3n) is 4.78. The predicted octanol–water partition coefficient (Wildman–Crippen LogP) is 3.68. The van der Waals surface area contributed by atoms with E-state index in [1.165, 1.54) is 19.3 Å². The lowest BCUT2D eigenvalue weighted by atomic mass is 10.1. The molecule has 0 spiro atoms. The Morgan fingerprint density at radius 2 is 1.72 bits per heavy atom. The van der Waals surface area contributed by atoms with E-state index in [0.717, 1.165) is 24.1 Å². The summed E-state index contributed by atoms with van der Waals surface area (Å²) in [6.07, 6.45) is 3.75. The van der Waals surface area contributed by atoms with Crippen molar-refractivity contribution in [1.29, 1.82) is 0 Å². The first-order valence-corrected chi connectivity index (χ1v) is 10.7. The predicted molar refractivity (Wildman–Crippen MR) is 117 cm³/mol. The van der Waals surface area contributed by atoms with Crippen molar-refractivity contribution >= 4 is 33.4 Å². The number of halogens is 1. The molecule has 2 aromatic carbocycles. The van der Waals surface area contributed by atoms with Gasteiger partial charge in [0.05, 0.1) is 5.56 Å². The Balaban J connectivity index is 1.49. The van der Waals surface area contributed by atoms with Crippen LogP contribution in [0.2, 0.25) is 0 Å². The minimum Gasteiger partial charge on any atom is -0.483 e. The van der Waals surface area contributed by atoms with E-state index in [2.05, 4.69) is 31.5 Å². The highest BCUT2D eigenvalue weighted by Crippen LogP contribution is 2.18. The molecule has 7 heteroatoms. The molecule has 2 N–H and O–H groups in total. The summed E-state index contributed by atoms with van der Waals surface area (Å²) >= 11 is 3.36. The van der Waals surface area contributed by atoms with Crippen molar-refractivity contribution in [1.82, 2.24) is 10.2 Å². The lowest BCUT2D eigenvalue weighted by Crippen LogP contribution is -2.37. The number of amides is 2. The van der Waals surface area contributed by atoms with E-state index in [9.17, 15) is 9.59 Å². The first kappa shape index (κ1) is 21.3. The number of hydrogen-bond donors (Lipinski definition) is 2. The Labute approximate surface area is 179 Å². The van der Waals surface area contributed by atoms with E-state index in [1.807, 2.05) is 12.1 Å². The Morgan fingerprint density at radius 3 is 2.48 bits per heavy atom. The van der Waals surface area contributed by atoms with Crippen LogP contribution < -0.4 is 15.4 Å². The summed E-state index contributed by atoms with van der Waals surface area (Å²) < 4.78 is 6.56. The second kappa shape index (κ2) is 11.0. The molecule has 2 amide bonds. The largest absolute Gasteiger partial charge is 0.483 e. The van der Waals surface area contributed by atoms with E-state index < -0.39 is 0 Å². The second-order valence-electron chi connectivity index (χ2n) is 7.00. The Morgan fingerprint density at radius 1 is 1.00 bits per heavy atom. The average Bonchev–Trinajstić information content (AvgIpc) is 2.75. The summed E-state index contributed by atoms with van der Waals surface area (Å²) in [6, 6.07) is 14.3. The van der Waals surface area contributed by atoms with Crippen molar-refractivity contribution < 1.29 is 14.3 Å². The van der Waals surface area contributed by atoms with Crippen molar-refractivity contribution in [2.45, 2.75) is 19.3 Å². The third-order valence-corrected chi connectivity index (χ3v) is 5.31. The van der Waals surface area contributed by atoms with E-state index in [4.69, 9.17) is 4.74 Å². The van der Waals surface area contributed by atoms with Crippen LogP contribution in [0.4, 0.5) is 5.69 Å². The molecule has 154 valence electrons. The van der Waals surface area contributed by atoms with E-state index >= 15 is 0 Å². The van der Waals surface area contributed by atoms with Crippen LogP contribution in [-0.4, -0.2) is 49.5 Å². The van der Waals surface area contributed by atoms with Crippen molar-refractivity contribution in [3.63, 3.8) is 0 Å². The van der Waals surface area contributed by atoms with Gasteiger partial charge in [-0.3, -0.25) is 9.59 Å². The second-order valence-corrected chi connectivity index (χ2v) is 7.91. The van der Waals surface area contributed by atoms with Crippen LogP contribution in [0.15, 0.2) is 53.0 Å². The molecule has 0 unspecified atom stereocenters. The summed E-state index contributed by atoms with van der Waals surface area (Å²) in [6.45, 7) is 3.47. The number of rotatable bonds is 8. The van der Waals surface area contributed by atoms with Crippen LogP contribution in [0, 0.1) is 0 Å². The van der Waals surface area contributed by atoms with Crippen LogP contribution in [0.1, 0.15) is 29.6 Å². The van der Waals surface area contributed by atoms with Gasteiger partial charge < -0.3 is 20.3 Å². The standard InChI is InChI=1S/C22H26BrN3O3/c23-17-8-10-18(11-9-17)25-21(27)16-29-20-7-3-2-6-19(20)22(28)24-12-15-26-13-4-1-5-14-26/h2-3,6-11H,1,4-5,12-16H2,(H,24,28)(H,25,27). The number of hydrogen-bond acceptors (Lipinski definition) is 4. The van der Waals surface area contributed by atoms with Crippen molar-refractivity contribution in [3.05, 3.63) is 58.6 Å². The van der Waals surface area contributed by atoms with Gasteiger partial charge in [0, 0.05) is 23.2 Å². The number of ether oxygens (including phenoxy) is 1. The highest BCUT2D eigenvalue weighted by atomic mass is 79.9. The maximum absolute atomic E-state index is 12.6. The third kappa shape index (κ3) is 6.87. The molecule has 2 aromatic rings. The first-order chi connectivity index (χ1) is 14.1. The smallest absolute Gasteiger partial charge is 0.262 e. The monoisotopic (exact) mass is 459 g/mol. The molecule has 1 fully saturated rings. The minimum absolute atomic E-state index is 0.172. The molecule has 0 saturated carbocycles. The number of benzene rings is 2. The zero-order chi connectivity index (χ0) is 20.5. The lowest BCUT2D eigenvalue weighted by Gasteiger charge is -2.26. The quantitative estimate of drug-likeness (QED) is 0.631. The van der Waals surface area contributed by atoms with Gasteiger partial charge in [-0.25, -0.2) is 0 Å². The topological polar surface area (TPSA) is 70.7 Å². The summed E-state index contributed by atoms with van der Waals surface area (Å²) in [4.78, 5) is 27.1. The zero-order valence-electron chi connectivity index (χ0n) is 16.3. The van der Waals surface area contributed by atoms with Gasteiger partial charge in [0.1, 0.15) is 5.75 Å². The van der Waals surface area contributed by atoms with Gasteiger partial charge in [-0.1, -0.05) is 34.5 Å². The number of anilines is 1. The van der Waals surface area contributed by atoms with Crippen LogP contribution in [0.5, 0.6) is 5.75 Å². The van der Waals surface area contributed by atoms with Gasteiger partial charge >= 0.3 is 0 Å². The number of nitrogens with zero attached hydrogens (tertiary/aromatic N) is 1. The van der Waals surface area contributed by atoms with Gasteiger partial charge in [0.15, 0.2) is 6.61 Å². The van der Waals surface area contributed by atoms with Gasteiger partial charge in [-0.2, -0.15) is 0 Å². The molecule has 6 nitrogen and oxygen atoms in total. The maximum atomic E-state index is 12.6. The number of para-hydroxylation sites is 1. The molecule has 0 bridgehead atoms. The maximum Gasteiger partial charge on any atom is 0.262 e. The molecule has 0 aliphatic carbocycles. The number of carbonyl (C=O) groups excluding carboxylic acids is 2. The normalized spacial score (nSPS) is 14.2. The molecule has 1 heterocycles. The SMILES string of the molecule is O=C(COc1ccccc1C(=O)NCCN1CCCCC1)Nc1ccc(Br)cc1. The summed E-state index contributed by atoms with van der Waals surface area (Å²) in [5.74, 6) is -0.0764. The van der Waals surface area contributed by atoms with Gasteiger partial charge in [-0.05, 0) is 62.3 Å². The van der Waals surface area contributed by atoms with Gasteiger partial charge in [-0.15, -0.1) is 0 Å². The van der Waals surface area contributed by atoms with Gasteiger partial charge in [0.2, 0.25) is 0 Å². The van der Waals surface area contributed by atoms with Crippen molar-refractivity contribution in [2.24, 2.45) is 0 Å². The molecule has 3 rings (SSSR count). The Bertz CT molecular complexity index is 820.